The first-order valence-corrected chi connectivity index (χ1v) is 10.3. The van der Waals surface area contributed by atoms with Crippen molar-refractivity contribution in [3.63, 3.8) is 0 Å². The van der Waals surface area contributed by atoms with E-state index in [1.807, 2.05) is 0 Å². The van der Waals surface area contributed by atoms with E-state index in [1.165, 1.54) is 48.5 Å². The summed E-state index contributed by atoms with van der Waals surface area (Å²) < 4.78 is 61.0. The van der Waals surface area contributed by atoms with Gasteiger partial charge in [-0.1, -0.05) is 18.2 Å². The Hall–Kier alpha value is -3.85. The Balaban J connectivity index is 1.52. The molecule has 0 saturated heterocycles. The second kappa shape index (κ2) is 8.11. The summed E-state index contributed by atoms with van der Waals surface area (Å²) in [6, 6.07) is 15.6. The molecule has 31 heavy (non-hydrogen) atoms. The van der Waals surface area contributed by atoms with Gasteiger partial charge in [-0.2, -0.15) is 8.42 Å². The number of rotatable bonds is 5. The summed E-state index contributed by atoms with van der Waals surface area (Å²) in [5, 5.41) is 0. The van der Waals surface area contributed by atoms with Crippen molar-refractivity contribution >= 4 is 28.1 Å². The van der Waals surface area contributed by atoms with E-state index in [-0.39, 0.29) is 22.2 Å². The first kappa shape index (κ1) is 20.4. The van der Waals surface area contributed by atoms with Gasteiger partial charge >= 0.3 is 16.1 Å². The summed E-state index contributed by atoms with van der Waals surface area (Å²) in [7, 11) is -4.12. The van der Waals surface area contributed by atoms with Crippen LogP contribution in [0.3, 0.4) is 0 Å². The molecule has 0 fully saturated rings. The topological polar surface area (TPSA) is 82.0 Å². The number of carbonyl (C=O) groups is 1. The van der Waals surface area contributed by atoms with Crippen LogP contribution >= 0.6 is 0 Å². The van der Waals surface area contributed by atoms with Gasteiger partial charge in [0, 0.05) is 5.56 Å². The number of carbonyl (C=O) groups excluding carboxylic acids is 1. The summed E-state index contributed by atoms with van der Waals surface area (Å²) in [4.78, 5) is 16.0. The molecule has 6 nitrogen and oxygen atoms in total. The summed E-state index contributed by atoms with van der Waals surface area (Å²) >= 11 is 0. The minimum absolute atomic E-state index is 0.00635. The number of cyclic esters (lactones) is 1. The highest BCUT2D eigenvalue weighted by molar-refractivity contribution is 7.87. The molecule has 0 unspecified atom stereocenters. The van der Waals surface area contributed by atoms with Gasteiger partial charge in [0.05, 0.1) is 0 Å². The fraction of sp³-hybridized carbons (Fsp3) is 0. The SMILES string of the molecule is O=C1OC(c2cccc(F)c2)=N/C1=C/c1ccc(OS(=O)(=O)c2ccc(F)cc2)cc1. The molecule has 0 radical (unpaired) electrons. The van der Waals surface area contributed by atoms with E-state index < -0.39 is 27.7 Å². The smallest absolute Gasteiger partial charge is 0.363 e. The van der Waals surface area contributed by atoms with E-state index in [9.17, 15) is 22.0 Å². The molecule has 0 N–H and O–H groups in total. The van der Waals surface area contributed by atoms with Crippen molar-refractivity contribution < 1.29 is 30.9 Å². The van der Waals surface area contributed by atoms with Gasteiger partial charge in [0.25, 0.3) is 0 Å². The molecule has 0 saturated carbocycles. The van der Waals surface area contributed by atoms with Gasteiger partial charge in [0.1, 0.15) is 22.3 Å². The van der Waals surface area contributed by atoms with Crippen LogP contribution in [-0.2, 0) is 19.6 Å². The van der Waals surface area contributed by atoms with Crippen LogP contribution in [0.15, 0.2) is 88.4 Å². The third-order valence-electron chi connectivity index (χ3n) is 4.18. The Kier molecular flexibility index (Phi) is 5.35. The van der Waals surface area contributed by atoms with Crippen LogP contribution in [0.4, 0.5) is 8.78 Å². The average Bonchev–Trinajstić information content (AvgIpc) is 3.10. The van der Waals surface area contributed by atoms with Gasteiger partial charge in [-0.15, -0.1) is 0 Å². The minimum atomic E-state index is -4.12. The molecule has 0 aliphatic carbocycles. The van der Waals surface area contributed by atoms with Crippen LogP contribution in [-0.4, -0.2) is 20.3 Å². The van der Waals surface area contributed by atoms with Crippen LogP contribution in [0.2, 0.25) is 0 Å². The highest BCUT2D eigenvalue weighted by Gasteiger charge is 2.24. The van der Waals surface area contributed by atoms with Gasteiger partial charge in [-0.3, -0.25) is 0 Å². The molecular weight excluding hydrogens is 428 g/mol. The van der Waals surface area contributed by atoms with Crippen molar-refractivity contribution in [2.24, 2.45) is 4.99 Å². The van der Waals surface area contributed by atoms with Gasteiger partial charge in [0.2, 0.25) is 5.90 Å². The van der Waals surface area contributed by atoms with Gasteiger partial charge < -0.3 is 8.92 Å². The maximum absolute atomic E-state index is 13.4. The van der Waals surface area contributed by atoms with E-state index in [1.54, 1.807) is 6.07 Å². The zero-order valence-corrected chi connectivity index (χ0v) is 16.5. The minimum Gasteiger partial charge on any atom is -0.402 e. The van der Waals surface area contributed by atoms with Crippen LogP contribution in [0, 0.1) is 11.6 Å². The lowest BCUT2D eigenvalue weighted by atomic mass is 10.2. The molecule has 3 aromatic rings. The molecule has 1 aliphatic rings. The second-order valence-corrected chi connectivity index (χ2v) is 7.95. The summed E-state index contributed by atoms with van der Waals surface area (Å²) in [6.07, 6.45) is 1.44. The molecule has 0 spiro atoms. The summed E-state index contributed by atoms with van der Waals surface area (Å²) in [6.45, 7) is 0. The Morgan fingerprint density at radius 2 is 1.61 bits per heavy atom. The van der Waals surface area contributed by atoms with Crippen LogP contribution in [0.25, 0.3) is 6.08 Å². The number of ether oxygens (including phenoxy) is 1. The summed E-state index contributed by atoms with van der Waals surface area (Å²) in [5.41, 5.74) is 0.862. The fourth-order valence-corrected chi connectivity index (χ4v) is 3.64. The highest BCUT2D eigenvalue weighted by atomic mass is 32.2. The van der Waals surface area contributed by atoms with E-state index in [2.05, 4.69) is 4.99 Å². The third-order valence-corrected chi connectivity index (χ3v) is 5.45. The van der Waals surface area contributed by atoms with Crippen LogP contribution in [0.1, 0.15) is 11.1 Å². The maximum Gasteiger partial charge on any atom is 0.363 e. The maximum atomic E-state index is 13.4. The predicted octanol–water partition coefficient (Wildman–Crippen LogP) is 4.08. The molecule has 1 heterocycles. The first-order chi connectivity index (χ1) is 14.8. The Labute approximate surface area is 176 Å². The Morgan fingerprint density at radius 3 is 2.29 bits per heavy atom. The average molecular weight is 441 g/mol. The largest absolute Gasteiger partial charge is 0.402 e. The van der Waals surface area contributed by atoms with E-state index >= 15 is 0 Å². The van der Waals surface area contributed by atoms with Crippen LogP contribution in [0.5, 0.6) is 5.75 Å². The van der Waals surface area contributed by atoms with Crippen LogP contribution < -0.4 is 4.18 Å². The van der Waals surface area contributed by atoms with Gasteiger partial charge in [0.15, 0.2) is 5.70 Å². The number of esters is 1. The van der Waals surface area contributed by atoms with E-state index in [0.29, 0.717) is 11.1 Å². The van der Waals surface area contributed by atoms with Crippen molar-refractivity contribution in [3.8, 4) is 5.75 Å². The van der Waals surface area contributed by atoms with E-state index in [0.717, 1.165) is 24.3 Å². The number of aliphatic imine (C=N–C) groups is 1. The number of benzene rings is 3. The highest BCUT2D eigenvalue weighted by Crippen LogP contribution is 2.23. The molecule has 9 heteroatoms. The molecule has 0 amide bonds. The van der Waals surface area contributed by atoms with E-state index in [4.69, 9.17) is 8.92 Å². The van der Waals surface area contributed by atoms with Crippen molar-refractivity contribution in [3.05, 3.63) is 101 Å². The lowest BCUT2D eigenvalue weighted by molar-refractivity contribution is -0.129. The molecule has 4 rings (SSSR count). The standard InChI is InChI=1S/C22H13F2NO5S/c23-16-6-10-19(11-7-16)31(27,28)30-18-8-4-14(5-9-18)12-20-22(26)29-21(25-20)15-2-1-3-17(24)13-15/h1-13H/b20-12+. The monoisotopic (exact) mass is 441 g/mol. The fourth-order valence-electron chi connectivity index (χ4n) is 2.71. The van der Waals surface area contributed by atoms with Gasteiger partial charge in [-0.05, 0) is 66.2 Å². The molecule has 1 aliphatic heterocycles. The number of hydrogen-bond acceptors (Lipinski definition) is 6. The normalized spacial score (nSPS) is 15.0. The number of nitrogens with zero attached hydrogens (tertiary/aromatic N) is 1. The lowest BCUT2D eigenvalue weighted by Gasteiger charge is -2.07. The third kappa shape index (κ3) is 4.67. The molecule has 0 bridgehead atoms. The zero-order chi connectivity index (χ0) is 22.0. The van der Waals surface area contributed by atoms with Crippen molar-refractivity contribution in [2.75, 3.05) is 0 Å². The Bertz CT molecular complexity index is 1310. The quantitative estimate of drug-likeness (QED) is 0.339. The number of halogens is 2. The zero-order valence-electron chi connectivity index (χ0n) is 15.7. The van der Waals surface area contributed by atoms with Crippen molar-refractivity contribution in [1.82, 2.24) is 0 Å². The lowest BCUT2D eigenvalue weighted by Crippen LogP contribution is -2.09. The molecule has 0 atom stereocenters. The Morgan fingerprint density at radius 1 is 0.903 bits per heavy atom. The summed E-state index contributed by atoms with van der Waals surface area (Å²) in [5.74, 6) is -1.73. The molecule has 3 aromatic carbocycles. The molecule has 0 aromatic heterocycles. The number of hydrogen-bond donors (Lipinski definition) is 0. The van der Waals surface area contributed by atoms with Crippen molar-refractivity contribution in [2.45, 2.75) is 4.90 Å². The predicted molar refractivity (Wildman–Crippen MR) is 108 cm³/mol. The van der Waals surface area contributed by atoms with Crippen molar-refractivity contribution in [1.29, 1.82) is 0 Å². The molecule has 156 valence electrons. The molecular formula is C22H13F2NO5S. The van der Waals surface area contributed by atoms with Gasteiger partial charge in [-0.25, -0.2) is 18.6 Å². The first-order valence-electron chi connectivity index (χ1n) is 8.89. The second-order valence-electron chi connectivity index (χ2n) is 6.41.